The highest BCUT2D eigenvalue weighted by Gasteiger charge is 2.19. The van der Waals surface area contributed by atoms with E-state index < -0.39 is 23.4 Å². The number of esters is 1. The molecular weight excluding hydrogens is 430 g/mol. The summed E-state index contributed by atoms with van der Waals surface area (Å²) in [4.78, 5) is 34.0. The molecule has 2 aromatic carbocycles. The van der Waals surface area contributed by atoms with Gasteiger partial charge >= 0.3 is 5.97 Å². The van der Waals surface area contributed by atoms with Crippen molar-refractivity contribution in [2.24, 2.45) is 0 Å². The second-order valence-corrected chi connectivity index (χ2v) is 6.45. The summed E-state index contributed by atoms with van der Waals surface area (Å²) < 4.78 is 4.81. The Bertz CT molecular complexity index is 881. The van der Waals surface area contributed by atoms with Crippen LogP contribution in [0.1, 0.15) is 10.4 Å². The highest BCUT2D eigenvalue weighted by molar-refractivity contribution is 6.42. The number of amides is 1. The van der Waals surface area contributed by atoms with Crippen molar-refractivity contribution in [3.05, 3.63) is 66.1 Å². The van der Waals surface area contributed by atoms with Gasteiger partial charge in [0.15, 0.2) is 6.61 Å². The van der Waals surface area contributed by atoms with Gasteiger partial charge in [0.2, 0.25) is 0 Å². The molecule has 0 heterocycles. The number of nitro benzene ring substituents is 1. The minimum atomic E-state index is -0.998. The molecule has 0 aromatic heterocycles. The molecule has 11 heteroatoms. The molecule has 0 aliphatic heterocycles. The molecule has 0 radical (unpaired) electrons. The maximum absolute atomic E-state index is 12.0. The number of nitrogens with zero attached hydrogens (tertiary/aromatic N) is 1. The van der Waals surface area contributed by atoms with Crippen molar-refractivity contribution < 1.29 is 19.2 Å². The summed E-state index contributed by atoms with van der Waals surface area (Å²) in [7, 11) is 0. The van der Waals surface area contributed by atoms with E-state index in [1.54, 1.807) is 0 Å². The van der Waals surface area contributed by atoms with Gasteiger partial charge in [-0.05, 0) is 18.2 Å². The Balaban J connectivity index is 2.05. The van der Waals surface area contributed by atoms with E-state index in [-0.39, 0.29) is 37.0 Å². The number of nitro groups is 1. The standard InChI is InChI=1S/C15H8Cl4N2O5/c16-7-3-11(18)14(12(19)4-7)20-13(22)6-26-15(23)9-5-8(21(24)25)1-2-10(9)17/h1-5H,6H2,(H,20,22). The Morgan fingerprint density at radius 3 is 2.23 bits per heavy atom. The lowest BCUT2D eigenvalue weighted by Crippen LogP contribution is -2.21. The zero-order chi connectivity index (χ0) is 19.4. The number of halogens is 4. The summed E-state index contributed by atoms with van der Waals surface area (Å²) in [6, 6.07) is 6.02. The summed E-state index contributed by atoms with van der Waals surface area (Å²) in [5, 5.41) is 13.6. The second kappa shape index (κ2) is 8.55. The maximum Gasteiger partial charge on any atom is 0.340 e. The van der Waals surface area contributed by atoms with Gasteiger partial charge in [-0.25, -0.2) is 4.79 Å². The first-order valence-electron chi connectivity index (χ1n) is 6.74. The van der Waals surface area contributed by atoms with Gasteiger partial charge < -0.3 is 10.1 Å². The lowest BCUT2D eigenvalue weighted by molar-refractivity contribution is -0.384. The molecule has 0 spiro atoms. The number of ether oxygens (including phenoxy) is 1. The molecule has 136 valence electrons. The van der Waals surface area contributed by atoms with Crippen LogP contribution in [0.5, 0.6) is 0 Å². The zero-order valence-electron chi connectivity index (χ0n) is 12.6. The predicted molar refractivity (Wildman–Crippen MR) is 98.5 cm³/mol. The van der Waals surface area contributed by atoms with Gasteiger partial charge in [-0.15, -0.1) is 0 Å². The van der Waals surface area contributed by atoms with Gasteiger partial charge in [-0.1, -0.05) is 46.4 Å². The van der Waals surface area contributed by atoms with Crippen LogP contribution in [-0.2, 0) is 9.53 Å². The quantitative estimate of drug-likeness (QED) is 0.403. The molecule has 26 heavy (non-hydrogen) atoms. The maximum atomic E-state index is 12.0. The molecule has 0 atom stereocenters. The summed E-state index contributed by atoms with van der Waals surface area (Å²) in [5.74, 6) is -1.73. The number of hydrogen-bond donors (Lipinski definition) is 1. The molecule has 1 N–H and O–H groups in total. The monoisotopic (exact) mass is 436 g/mol. The molecule has 1 amide bonds. The average molecular weight is 438 g/mol. The lowest BCUT2D eigenvalue weighted by Gasteiger charge is -2.10. The smallest absolute Gasteiger partial charge is 0.340 e. The number of nitrogens with one attached hydrogen (secondary N) is 1. The fourth-order valence-corrected chi connectivity index (χ4v) is 2.94. The van der Waals surface area contributed by atoms with Crippen LogP contribution in [0.3, 0.4) is 0 Å². The van der Waals surface area contributed by atoms with Crippen molar-refractivity contribution in [1.82, 2.24) is 0 Å². The second-order valence-electron chi connectivity index (χ2n) is 4.79. The molecule has 2 rings (SSSR count). The number of benzene rings is 2. The largest absolute Gasteiger partial charge is 0.452 e. The van der Waals surface area contributed by atoms with Gasteiger partial charge in [0.25, 0.3) is 11.6 Å². The Morgan fingerprint density at radius 1 is 1.04 bits per heavy atom. The van der Waals surface area contributed by atoms with E-state index in [1.807, 2.05) is 0 Å². The highest BCUT2D eigenvalue weighted by Crippen LogP contribution is 2.33. The zero-order valence-corrected chi connectivity index (χ0v) is 15.6. The van der Waals surface area contributed by atoms with E-state index in [4.69, 9.17) is 51.1 Å². The van der Waals surface area contributed by atoms with Crippen molar-refractivity contribution in [1.29, 1.82) is 0 Å². The fourth-order valence-electron chi connectivity index (χ4n) is 1.83. The van der Waals surface area contributed by atoms with Gasteiger partial charge in [0.1, 0.15) is 0 Å². The minimum Gasteiger partial charge on any atom is -0.452 e. The van der Waals surface area contributed by atoms with Crippen LogP contribution in [0.15, 0.2) is 30.3 Å². The van der Waals surface area contributed by atoms with Crippen LogP contribution in [0, 0.1) is 10.1 Å². The Morgan fingerprint density at radius 2 is 1.65 bits per heavy atom. The van der Waals surface area contributed by atoms with Crippen molar-refractivity contribution in [2.75, 3.05) is 11.9 Å². The van der Waals surface area contributed by atoms with E-state index in [0.29, 0.717) is 0 Å². The molecule has 0 aliphatic rings. The predicted octanol–water partition coefficient (Wildman–Crippen LogP) is 5.00. The molecule has 0 unspecified atom stereocenters. The summed E-state index contributed by atoms with van der Waals surface area (Å²) >= 11 is 23.5. The molecular formula is C15H8Cl4N2O5. The summed E-state index contributed by atoms with van der Waals surface area (Å²) in [6.07, 6.45) is 0. The first-order chi connectivity index (χ1) is 12.2. The third-order valence-electron chi connectivity index (χ3n) is 2.99. The summed E-state index contributed by atoms with van der Waals surface area (Å²) in [5.41, 5.74) is -0.478. The Kier molecular flexibility index (Phi) is 6.66. The molecule has 7 nitrogen and oxygen atoms in total. The molecule has 0 saturated carbocycles. The van der Waals surface area contributed by atoms with Crippen LogP contribution < -0.4 is 5.32 Å². The van der Waals surface area contributed by atoms with E-state index in [2.05, 4.69) is 5.32 Å². The van der Waals surface area contributed by atoms with Crippen LogP contribution >= 0.6 is 46.4 Å². The van der Waals surface area contributed by atoms with Gasteiger partial charge in [-0.2, -0.15) is 0 Å². The first-order valence-corrected chi connectivity index (χ1v) is 8.25. The van der Waals surface area contributed by atoms with Gasteiger partial charge in [-0.3, -0.25) is 14.9 Å². The fraction of sp³-hybridized carbons (Fsp3) is 0.0667. The van der Waals surface area contributed by atoms with Crippen LogP contribution in [-0.4, -0.2) is 23.4 Å². The highest BCUT2D eigenvalue weighted by atomic mass is 35.5. The van der Waals surface area contributed by atoms with Crippen LogP contribution in [0.25, 0.3) is 0 Å². The average Bonchev–Trinajstić information content (AvgIpc) is 2.56. The van der Waals surface area contributed by atoms with E-state index in [9.17, 15) is 19.7 Å². The topological polar surface area (TPSA) is 98.5 Å². The van der Waals surface area contributed by atoms with E-state index in [1.165, 1.54) is 18.2 Å². The Labute approximate surface area is 166 Å². The van der Waals surface area contributed by atoms with Gasteiger partial charge in [0.05, 0.1) is 31.2 Å². The number of carbonyl (C=O) groups is 2. The van der Waals surface area contributed by atoms with Crippen LogP contribution in [0.4, 0.5) is 11.4 Å². The van der Waals surface area contributed by atoms with E-state index >= 15 is 0 Å². The van der Waals surface area contributed by atoms with Crippen molar-refractivity contribution in [2.45, 2.75) is 0 Å². The Hall–Kier alpha value is -2.06. The molecule has 0 bridgehead atoms. The molecule has 0 aliphatic carbocycles. The van der Waals surface area contributed by atoms with Crippen molar-refractivity contribution in [3.63, 3.8) is 0 Å². The van der Waals surface area contributed by atoms with Crippen LogP contribution in [0.2, 0.25) is 20.1 Å². The third-order valence-corrected chi connectivity index (χ3v) is 4.13. The number of rotatable bonds is 5. The van der Waals surface area contributed by atoms with E-state index in [0.717, 1.165) is 12.1 Å². The molecule has 0 fully saturated rings. The lowest BCUT2D eigenvalue weighted by atomic mass is 10.2. The SMILES string of the molecule is O=C(COC(=O)c1cc([N+](=O)[O-])ccc1Cl)Nc1c(Cl)cc(Cl)cc1Cl. The van der Waals surface area contributed by atoms with Crippen molar-refractivity contribution >= 4 is 69.7 Å². The third kappa shape index (κ3) is 4.98. The number of anilines is 1. The number of carbonyl (C=O) groups excluding carboxylic acids is 2. The number of non-ortho nitro benzene ring substituents is 1. The molecule has 2 aromatic rings. The number of hydrogen-bond acceptors (Lipinski definition) is 5. The minimum absolute atomic E-state index is 0.0511. The van der Waals surface area contributed by atoms with Crippen molar-refractivity contribution in [3.8, 4) is 0 Å². The first kappa shape index (κ1) is 20.3. The van der Waals surface area contributed by atoms with Gasteiger partial charge in [0, 0.05) is 17.2 Å². The normalized spacial score (nSPS) is 10.3. The molecule has 0 saturated heterocycles. The summed E-state index contributed by atoms with van der Waals surface area (Å²) in [6.45, 7) is -0.687.